The summed E-state index contributed by atoms with van der Waals surface area (Å²) < 4.78 is 0. The zero-order chi connectivity index (χ0) is 7.68. The molecule has 0 unspecified atom stereocenters. The summed E-state index contributed by atoms with van der Waals surface area (Å²) in [5.74, 6) is 0.924. The number of nitrogens with zero attached hydrogens (tertiary/aromatic N) is 1. The maximum absolute atomic E-state index is 3.54. The standard InChI is InChI=1S/C9H18N2/c1-11-7-8-3-2-4-9(11)6-10-5-8/h8-10H,2-7H2,1H3/t8-,9-/m1/s1. The summed E-state index contributed by atoms with van der Waals surface area (Å²) in [4.78, 5) is 2.54. The Hall–Kier alpha value is -0.0800. The van der Waals surface area contributed by atoms with Crippen LogP contribution in [0.15, 0.2) is 0 Å². The molecule has 2 fully saturated rings. The Labute approximate surface area is 69.0 Å². The molecule has 2 aliphatic rings. The number of rotatable bonds is 0. The van der Waals surface area contributed by atoms with Crippen molar-refractivity contribution in [2.24, 2.45) is 5.92 Å². The highest BCUT2D eigenvalue weighted by Crippen LogP contribution is 2.21. The van der Waals surface area contributed by atoms with Crippen LogP contribution >= 0.6 is 0 Å². The van der Waals surface area contributed by atoms with Gasteiger partial charge in [-0.1, -0.05) is 6.42 Å². The Morgan fingerprint density at radius 1 is 1.27 bits per heavy atom. The van der Waals surface area contributed by atoms with E-state index in [1.54, 1.807) is 0 Å². The van der Waals surface area contributed by atoms with Crippen molar-refractivity contribution < 1.29 is 0 Å². The van der Waals surface area contributed by atoms with Crippen LogP contribution in [0.5, 0.6) is 0 Å². The average Bonchev–Trinajstić information content (AvgIpc) is 2.16. The predicted octanol–water partition coefficient (Wildman–Crippen LogP) is 0.690. The van der Waals surface area contributed by atoms with Crippen LogP contribution in [0.25, 0.3) is 0 Å². The van der Waals surface area contributed by atoms with E-state index >= 15 is 0 Å². The van der Waals surface area contributed by atoms with Crippen LogP contribution in [0.1, 0.15) is 19.3 Å². The Bertz CT molecular complexity index is 126. The molecule has 0 amide bonds. The second-order valence-corrected chi connectivity index (χ2v) is 4.05. The largest absolute Gasteiger partial charge is 0.315 e. The first kappa shape index (κ1) is 7.56. The molecule has 0 aromatic heterocycles. The van der Waals surface area contributed by atoms with Crippen LogP contribution in [0.3, 0.4) is 0 Å². The van der Waals surface area contributed by atoms with Gasteiger partial charge in [0.2, 0.25) is 0 Å². The van der Waals surface area contributed by atoms with Crippen LogP contribution < -0.4 is 5.32 Å². The maximum Gasteiger partial charge on any atom is 0.0217 e. The Morgan fingerprint density at radius 3 is 3.09 bits per heavy atom. The molecular weight excluding hydrogens is 136 g/mol. The topological polar surface area (TPSA) is 15.3 Å². The zero-order valence-electron chi connectivity index (χ0n) is 7.34. The van der Waals surface area contributed by atoms with Gasteiger partial charge < -0.3 is 10.2 Å². The van der Waals surface area contributed by atoms with Crippen molar-refractivity contribution in [2.75, 3.05) is 26.7 Å². The van der Waals surface area contributed by atoms with E-state index in [1.165, 1.54) is 38.9 Å². The van der Waals surface area contributed by atoms with E-state index in [-0.39, 0.29) is 0 Å². The van der Waals surface area contributed by atoms with Gasteiger partial charge >= 0.3 is 0 Å². The van der Waals surface area contributed by atoms with E-state index in [1.807, 2.05) is 0 Å². The van der Waals surface area contributed by atoms with Gasteiger partial charge in [-0.15, -0.1) is 0 Å². The monoisotopic (exact) mass is 154 g/mol. The molecule has 0 spiro atoms. The molecule has 0 aromatic rings. The maximum atomic E-state index is 3.54. The average molecular weight is 154 g/mol. The molecule has 64 valence electrons. The summed E-state index contributed by atoms with van der Waals surface area (Å²) in [7, 11) is 2.27. The summed E-state index contributed by atoms with van der Waals surface area (Å²) in [6.07, 6.45) is 4.29. The molecule has 0 saturated carbocycles. The van der Waals surface area contributed by atoms with Gasteiger partial charge in [0, 0.05) is 19.1 Å². The highest BCUT2D eigenvalue weighted by Gasteiger charge is 2.25. The minimum absolute atomic E-state index is 0.822. The molecular formula is C9H18N2. The Morgan fingerprint density at radius 2 is 2.18 bits per heavy atom. The summed E-state index contributed by atoms with van der Waals surface area (Å²) in [5, 5.41) is 3.54. The number of hydrogen-bond donors (Lipinski definition) is 1. The van der Waals surface area contributed by atoms with Crippen molar-refractivity contribution in [3.8, 4) is 0 Å². The lowest BCUT2D eigenvalue weighted by Gasteiger charge is -2.23. The van der Waals surface area contributed by atoms with E-state index in [9.17, 15) is 0 Å². The van der Waals surface area contributed by atoms with E-state index in [2.05, 4.69) is 17.3 Å². The van der Waals surface area contributed by atoms with Gasteiger partial charge in [-0.25, -0.2) is 0 Å². The van der Waals surface area contributed by atoms with Crippen LogP contribution in [0, 0.1) is 5.92 Å². The summed E-state index contributed by atoms with van der Waals surface area (Å²) in [5.41, 5.74) is 0. The first-order valence-electron chi connectivity index (χ1n) is 4.77. The summed E-state index contributed by atoms with van der Waals surface area (Å²) >= 11 is 0. The van der Waals surface area contributed by atoms with Crippen molar-refractivity contribution in [3.63, 3.8) is 0 Å². The lowest BCUT2D eigenvalue weighted by Crippen LogP contribution is -2.36. The molecule has 2 aliphatic heterocycles. The van der Waals surface area contributed by atoms with Gasteiger partial charge in [0.15, 0.2) is 0 Å². The van der Waals surface area contributed by atoms with E-state index in [0.29, 0.717) is 0 Å². The van der Waals surface area contributed by atoms with Gasteiger partial charge in [-0.2, -0.15) is 0 Å². The van der Waals surface area contributed by atoms with Crippen molar-refractivity contribution >= 4 is 0 Å². The van der Waals surface area contributed by atoms with Crippen LogP contribution in [0.4, 0.5) is 0 Å². The molecule has 2 rings (SSSR count). The van der Waals surface area contributed by atoms with Crippen molar-refractivity contribution in [3.05, 3.63) is 0 Å². The second-order valence-electron chi connectivity index (χ2n) is 4.05. The number of nitrogens with one attached hydrogen (secondary N) is 1. The Balaban J connectivity index is 2.08. The number of hydrogen-bond acceptors (Lipinski definition) is 2. The van der Waals surface area contributed by atoms with Gasteiger partial charge in [-0.3, -0.25) is 0 Å². The minimum Gasteiger partial charge on any atom is -0.315 e. The first-order valence-corrected chi connectivity index (χ1v) is 4.77. The fraction of sp³-hybridized carbons (Fsp3) is 1.00. The van der Waals surface area contributed by atoms with Gasteiger partial charge in [-0.05, 0) is 32.4 Å². The molecule has 2 heteroatoms. The third kappa shape index (κ3) is 1.57. The van der Waals surface area contributed by atoms with E-state index in [0.717, 1.165) is 12.0 Å². The van der Waals surface area contributed by atoms with Gasteiger partial charge in [0.05, 0.1) is 0 Å². The molecule has 0 radical (unpaired) electrons. The number of likely N-dealkylation sites (N-methyl/N-ethyl adjacent to an activating group) is 1. The highest BCUT2D eigenvalue weighted by molar-refractivity contribution is 4.83. The highest BCUT2D eigenvalue weighted by atomic mass is 15.2. The zero-order valence-corrected chi connectivity index (χ0v) is 7.34. The molecule has 2 atom stereocenters. The van der Waals surface area contributed by atoms with Crippen LogP contribution in [0.2, 0.25) is 0 Å². The predicted molar refractivity (Wildman–Crippen MR) is 46.6 cm³/mol. The molecule has 0 aromatic carbocycles. The molecule has 2 nitrogen and oxygen atoms in total. The molecule has 2 saturated heterocycles. The van der Waals surface area contributed by atoms with Crippen molar-refractivity contribution in [1.82, 2.24) is 10.2 Å². The molecule has 2 heterocycles. The van der Waals surface area contributed by atoms with Gasteiger partial charge in [0.1, 0.15) is 0 Å². The molecule has 0 aliphatic carbocycles. The van der Waals surface area contributed by atoms with Crippen LogP contribution in [-0.4, -0.2) is 37.6 Å². The minimum atomic E-state index is 0.822. The molecule has 11 heavy (non-hydrogen) atoms. The van der Waals surface area contributed by atoms with Crippen molar-refractivity contribution in [1.29, 1.82) is 0 Å². The van der Waals surface area contributed by atoms with E-state index in [4.69, 9.17) is 0 Å². The van der Waals surface area contributed by atoms with Crippen molar-refractivity contribution in [2.45, 2.75) is 25.3 Å². The Kier molecular flexibility index (Phi) is 2.14. The van der Waals surface area contributed by atoms with Crippen LogP contribution in [-0.2, 0) is 0 Å². The quantitative estimate of drug-likeness (QED) is 0.552. The third-order valence-electron chi connectivity index (χ3n) is 3.13. The van der Waals surface area contributed by atoms with Gasteiger partial charge in [0.25, 0.3) is 0 Å². The lowest BCUT2D eigenvalue weighted by molar-refractivity contribution is 0.247. The fourth-order valence-electron chi connectivity index (χ4n) is 2.39. The summed E-state index contributed by atoms with van der Waals surface area (Å²) in [6.45, 7) is 3.78. The molecule has 2 bridgehead atoms. The lowest BCUT2D eigenvalue weighted by atomic mass is 10.0. The van der Waals surface area contributed by atoms with E-state index < -0.39 is 0 Å². The number of fused-ring (bicyclic) bond motifs is 3. The SMILES string of the molecule is CN1C[C@@H]2CCC[C@@H]1CNC2. The fourth-order valence-corrected chi connectivity index (χ4v) is 2.39. The molecule has 1 N–H and O–H groups in total. The third-order valence-corrected chi connectivity index (χ3v) is 3.13. The second kappa shape index (κ2) is 3.11. The smallest absolute Gasteiger partial charge is 0.0217 e. The summed E-state index contributed by atoms with van der Waals surface area (Å²) in [6, 6.07) is 0.822. The normalized spacial score (nSPS) is 40.1. The first-order chi connectivity index (χ1) is 5.36.